The third-order valence-corrected chi connectivity index (χ3v) is 4.69. The summed E-state index contributed by atoms with van der Waals surface area (Å²) < 4.78 is 19.4. The summed E-state index contributed by atoms with van der Waals surface area (Å²) in [6, 6.07) is 14.7. The molecule has 2 rings (SSSR count). The molecule has 0 radical (unpaired) electrons. The molecule has 0 N–H and O–H groups in total. The normalized spacial score (nSPS) is 12.6. The zero-order chi connectivity index (χ0) is 18.6. The number of ether oxygens (including phenoxy) is 1. The fourth-order valence-electron chi connectivity index (χ4n) is 2.31. The molecule has 2 aromatic rings. The number of benzene rings is 2. The van der Waals surface area contributed by atoms with Gasteiger partial charge in [0.15, 0.2) is 5.09 Å². The molecule has 0 saturated heterocycles. The van der Waals surface area contributed by atoms with Crippen LogP contribution in [0.4, 0.5) is 4.39 Å². The van der Waals surface area contributed by atoms with Crippen LogP contribution in [-0.4, -0.2) is 0 Å². The molecule has 0 saturated carbocycles. The highest BCUT2D eigenvalue weighted by Crippen LogP contribution is 2.34. The quantitative estimate of drug-likeness (QED) is 0.526. The summed E-state index contributed by atoms with van der Waals surface area (Å²) in [5, 5.41) is 0.710. The van der Waals surface area contributed by atoms with Crippen molar-refractivity contribution in [3.8, 4) is 5.75 Å². The van der Waals surface area contributed by atoms with E-state index in [1.54, 1.807) is 12.1 Å². The minimum absolute atomic E-state index is 0.115. The molecule has 0 aliphatic carbocycles. The van der Waals surface area contributed by atoms with Crippen LogP contribution in [0.3, 0.4) is 0 Å². The third kappa shape index (κ3) is 5.50. The average Bonchev–Trinajstić information content (AvgIpc) is 2.52. The standard InChI is InChI=1S/C22H25FOS/c1-15(2)25-21(24-20-9-7-8-19(23)14-20)16(3)17-10-12-18(13-11-17)22(4,5)6/h7-14H,1H2,2-6H3/b21-16+. The fraction of sp³-hybridized carbons (Fsp3) is 0.273. The summed E-state index contributed by atoms with van der Waals surface area (Å²) in [5.41, 5.74) is 3.47. The molecule has 2 aromatic carbocycles. The van der Waals surface area contributed by atoms with Crippen LogP contribution in [0, 0.1) is 5.82 Å². The van der Waals surface area contributed by atoms with Crippen molar-refractivity contribution >= 4 is 17.3 Å². The van der Waals surface area contributed by atoms with E-state index >= 15 is 0 Å². The van der Waals surface area contributed by atoms with Gasteiger partial charge in [-0.3, -0.25) is 0 Å². The molecule has 0 aliphatic rings. The summed E-state index contributed by atoms with van der Waals surface area (Å²) in [6.45, 7) is 14.5. The lowest BCUT2D eigenvalue weighted by Crippen LogP contribution is -2.10. The molecule has 0 aromatic heterocycles. The average molecular weight is 357 g/mol. The predicted octanol–water partition coefficient (Wildman–Crippen LogP) is 7.16. The van der Waals surface area contributed by atoms with E-state index in [9.17, 15) is 4.39 Å². The summed E-state index contributed by atoms with van der Waals surface area (Å²) in [6.07, 6.45) is 0. The Labute approximate surface area is 154 Å². The number of hydrogen-bond acceptors (Lipinski definition) is 2. The largest absolute Gasteiger partial charge is 0.450 e. The van der Waals surface area contributed by atoms with E-state index in [1.807, 2.05) is 13.8 Å². The molecule has 0 unspecified atom stereocenters. The van der Waals surface area contributed by atoms with E-state index in [1.165, 1.54) is 29.5 Å². The van der Waals surface area contributed by atoms with Gasteiger partial charge in [0.05, 0.1) is 0 Å². The van der Waals surface area contributed by atoms with Gasteiger partial charge < -0.3 is 4.74 Å². The van der Waals surface area contributed by atoms with Crippen molar-refractivity contribution in [1.82, 2.24) is 0 Å². The third-order valence-electron chi connectivity index (χ3n) is 3.76. The van der Waals surface area contributed by atoms with Crippen LogP contribution in [0.5, 0.6) is 5.75 Å². The molecule has 3 heteroatoms. The lowest BCUT2D eigenvalue weighted by Gasteiger charge is -2.19. The predicted molar refractivity (Wildman–Crippen MR) is 107 cm³/mol. The van der Waals surface area contributed by atoms with E-state index in [-0.39, 0.29) is 11.2 Å². The lowest BCUT2D eigenvalue weighted by atomic mass is 9.86. The molecule has 0 bridgehead atoms. The van der Waals surface area contributed by atoms with Gasteiger partial charge in [0.1, 0.15) is 11.6 Å². The van der Waals surface area contributed by atoms with Crippen molar-refractivity contribution in [1.29, 1.82) is 0 Å². The molecule has 25 heavy (non-hydrogen) atoms. The first-order valence-corrected chi connectivity index (χ1v) is 9.07. The zero-order valence-electron chi connectivity index (χ0n) is 15.5. The number of rotatable bonds is 5. The van der Waals surface area contributed by atoms with E-state index in [4.69, 9.17) is 4.74 Å². The first-order chi connectivity index (χ1) is 11.7. The van der Waals surface area contributed by atoms with Crippen molar-refractivity contribution in [3.63, 3.8) is 0 Å². The van der Waals surface area contributed by atoms with E-state index in [2.05, 4.69) is 51.6 Å². The summed E-state index contributed by atoms with van der Waals surface area (Å²) in [4.78, 5) is 0.914. The first kappa shape index (κ1) is 19.3. The van der Waals surface area contributed by atoms with Crippen LogP contribution in [0.25, 0.3) is 5.57 Å². The van der Waals surface area contributed by atoms with Crippen LogP contribution in [0.2, 0.25) is 0 Å². The van der Waals surface area contributed by atoms with Gasteiger partial charge in [-0.1, -0.05) is 69.4 Å². The molecule has 0 heterocycles. The highest BCUT2D eigenvalue weighted by Gasteiger charge is 2.15. The van der Waals surface area contributed by atoms with E-state index < -0.39 is 0 Å². The van der Waals surface area contributed by atoms with Crippen LogP contribution in [0.1, 0.15) is 45.7 Å². The minimum atomic E-state index is -0.315. The van der Waals surface area contributed by atoms with Crippen molar-refractivity contribution in [2.75, 3.05) is 0 Å². The highest BCUT2D eigenvalue weighted by atomic mass is 32.2. The van der Waals surface area contributed by atoms with Crippen LogP contribution >= 0.6 is 11.8 Å². The van der Waals surface area contributed by atoms with Crippen molar-refractivity contribution in [3.05, 3.63) is 82.1 Å². The van der Waals surface area contributed by atoms with Gasteiger partial charge in [0.2, 0.25) is 0 Å². The second-order valence-electron chi connectivity index (χ2n) is 7.10. The topological polar surface area (TPSA) is 9.23 Å². The summed E-state index contributed by atoms with van der Waals surface area (Å²) in [7, 11) is 0. The Morgan fingerprint density at radius 2 is 1.68 bits per heavy atom. The number of hydrogen-bond donors (Lipinski definition) is 0. The molecule has 0 amide bonds. The van der Waals surface area contributed by atoms with Gasteiger partial charge in [0, 0.05) is 11.6 Å². The van der Waals surface area contributed by atoms with Crippen LogP contribution in [0.15, 0.2) is 65.1 Å². The van der Waals surface area contributed by atoms with Gasteiger partial charge in [0.25, 0.3) is 0 Å². The van der Waals surface area contributed by atoms with Crippen LogP contribution in [-0.2, 0) is 5.41 Å². The molecule has 0 spiro atoms. The highest BCUT2D eigenvalue weighted by molar-refractivity contribution is 8.06. The molecule has 0 atom stereocenters. The Hall–Kier alpha value is -2.00. The smallest absolute Gasteiger partial charge is 0.168 e. The molecule has 0 aliphatic heterocycles. The second-order valence-corrected chi connectivity index (χ2v) is 8.38. The first-order valence-electron chi connectivity index (χ1n) is 8.25. The molecule has 132 valence electrons. The second kappa shape index (κ2) is 7.92. The maximum Gasteiger partial charge on any atom is 0.168 e. The van der Waals surface area contributed by atoms with E-state index in [0.717, 1.165) is 16.0 Å². The summed E-state index contributed by atoms with van der Waals surface area (Å²) in [5.74, 6) is 0.166. The van der Waals surface area contributed by atoms with Gasteiger partial charge >= 0.3 is 0 Å². The Balaban J connectivity index is 2.38. The molecular weight excluding hydrogens is 331 g/mol. The molecular formula is C22H25FOS. The van der Waals surface area contributed by atoms with Crippen molar-refractivity contribution in [2.45, 2.75) is 40.0 Å². The fourth-order valence-corrected chi connectivity index (χ4v) is 3.03. The Morgan fingerprint density at radius 3 is 2.20 bits per heavy atom. The minimum Gasteiger partial charge on any atom is -0.450 e. The summed E-state index contributed by atoms with van der Waals surface area (Å²) >= 11 is 1.45. The maximum absolute atomic E-state index is 13.4. The van der Waals surface area contributed by atoms with E-state index in [0.29, 0.717) is 10.8 Å². The molecule has 1 nitrogen and oxygen atoms in total. The SMILES string of the molecule is C=C(C)S/C(Oc1cccc(F)c1)=C(\C)c1ccc(C(C)(C)C)cc1. The zero-order valence-corrected chi connectivity index (χ0v) is 16.3. The number of halogens is 1. The van der Waals surface area contributed by atoms with Crippen molar-refractivity contribution < 1.29 is 9.13 Å². The lowest BCUT2D eigenvalue weighted by molar-refractivity contribution is 0.463. The van der Waals surface area contributed by atoms with Crippen molar-refractivity contribution in [2.24, 2.45) is 0 Å². The number of thioether (sulfide) groups is 1. The number of allylic oxidation sites excluding steroid dienone is 2. The van der Waals surface area contributed by atoms with Gasteiger partial charge in [-0.2, -0.15) is 0 Å². The Kier molecular flexibility index (Phi) is 6.12. The van der Waals surface area contributed by atoms with Crippen LogP contribution < -0.4 is 4.74 Å². The Bertz CT molecular complexity index is 782. The molecule has 0 fully saturated rings. The van der Waals surface area contributed by atoms with Gasteiger partial charge in [-0.25, -0.2) is 4.39 Å². The monoisotopic (exact) mass is 356 g/mol. The van der Waals surface area contributed by atoms with Gasteiger partial charge in [-0.15, -0.1) is 0 Å². The Morgan fingerprint density at radius 1 is 1.04 bits per heavy atom. The maximum atomic E-state index is 13.4. The van der Waals surface area contributed by atoms with Gasteiger partial charge in [-0.05, 0) is 47.4 Å².